The Hall–Kier alpha value is -3.40. The van der Waals surface area contributed by atoms with Gasteiger partial charge in [-0.3, -0.25) is 4.79 Å². The first-order valence-corrected chi connectivity index (χ1v) is 10.6. The highest BCUT2D eigenvalue weighted by molar-refractivity contribution is 5.94. The summed E-state index contributed by atoms with van der Waals surface area (Å²) in [7, 11) is 0. The van der Waals surface area contributed by atoms with Gasteiger partial charge in [0.1, 0.15) is 5.65 Å². The number of fused-ring (bicyclic) bond motifs is 1. The summed E-state index contributed by atoms with van der Waals surface area (Å²) >= 11 is 0. The Morgan fingerprint density at radius 1 is 0.867 bits per heavy atom. The summed E-state index contributed by atoms with van der Waals surface area (Å²) < 4.78 is 2.24. The average Bonchev–Trinajstić information content (AvgIpc) is 3.17. The fourth-order valence-electron chi connectivity index (χ4n) is 3.77. The molecule has 0 aliphatic heterocycles. The van der Waals surface area contributed by atoms with Gasteiger partial charge in [0.05, 0.1) is 0 Å². The molecule has 4 heteroatoms. The number of carbonyl (C=O) groups excluding carboxylic acids is 1. The van der Waals surface area contributed by atoms with Crippen molar-refractivity contribution in [1.29, 1.82) is 0 Å². The summed E-state index contributed by atoms with van der Waals surface area (Å²) in [6.45, 7) is 1.51. The first-order valence-electron chi connectivity index (χ1n) is 10.6. The number of pyridine rings is 1. The molecule has 4 rings (SSSR count). The van der Waals surface area contributed by atoms with Gasteiger partial charge in [-0.15, -0.1) is 0 Å². The summed E-state index contributed by atoms with van der Waals surface area (Å²) in [5, 5.41) is 4.18. The molecule has 4 aromatic rings. The lowest BCUT2D eigenvalue weighted by molar-refractivity contribution is -0.121. The Kier molecular flexibility index (Phi) is 6.55. The lowest BCUT2D eigenvalue weighted by Gasteiger charge is -2.06. The highest BCUT2D eigenvalue weighted by atomic mass is 16.1. The molecule has 0 atom stereocenters. The van der Waals surface area contributed by atoms with Gasteiger partial charge in [0.15, 0.2) is 0 Å². The molecular formula is C26H27N3O. The predicted molar refractivity (Wildman–Crippen MR) is 122 cm³/mol. The van der Waals surface area contributed by atoms with Crippen LogP contribution in [0.4, 0.5) is 0 Å². The third-order valence-corrected chi connectivity index (χ3v) is 5.35. The molecule has 152 valence electrons. The van der Waals surface area contributed by atoms with E-state index in [9.17, 15) is 4.79 Å². The van der Waals surface area contributed by atoms with Crippen LogP contribution in [-0.2, 0) is 17.9 Å². The summed E-state index contributed by atoms with van der Waals surface area (Å²) in [6.07, 6.45) is 7.59. The van der Waals surface area contributed by atoms with Gasteiger partial charge in [-0.1, -0.05) is 67.1 Å². The lowest BCUT2D eigenvalue weighted by Crippen LogP contribution is -2.22. The third-order valence-electron chi connectivity index (χ3n) is 5.35. The van der Waals surface area contributed by atoms with E-state index < -0.39 is 0 Å². The van der Waals surface area contributed by atoms with E-state index in [1.165, 1.54) is 16.5 Å². The molecule has 0 unspecified atom stereocenters. The summed E-state index contributed by atoms with van der Waals surface area (Å²) in [5.41, 5.74) is 4.59. The first-order chi connectivity index (χ1) is 14.8. The second-order valence-corrected chi connectivity index (χ2v) is 7.55. The van der Waals surface area contributed by atoms with Crippen LogP contribution in [0.25, 0.3) is 22.2 Å². The number of amides is 1. The molecule has 0 aliphatic carbocycles. The molecule has 4 nitrogen and oxygen atoms in total. The average molecular weight is 398 g/mol. The molecule has 0 radical (unpaired) electrons. The van der Waals surface area contributed by atoms with Crippen LogP contribution < -0.4 is 5.32 Å². The number of unbranched alkanes of at least 4 members (excludes halogenated alkanes) is 2. The van der Waals surface area contributed by atoms with Crippen molar-refractivity contribution >= 4 is 16.9 Å². The van der Waals surface area contributed by atoms with Crippen molar-refractivity contribution in [1.82, 2.24) is 14.9 Å². The Labute approximate surface area is 177 Å². The van der Waals surface area contributed by atoms with Crippen molar-refractivity contribution in [2.45, 2.75) is 38.8 Å². The molecule has 0 bridgehead atoms. The number of rotatable bonds is 9. The molecule has 2 heterocycles. The second kappa shape index (κ2) is 9.88. The Morgan fingerprint density at radius 3 is 2.43 bits per heavy atom. The van der Waals surface area contributed by atoms with Crippen LogP contribution in [0.1, 0.15) is 31.2 Å². The summed E-state index contributed by atoms with van der Waals surface area (Å²) in [5.74, 6) is 0.123. The Bertz CT molecular complexity index is 1090. The fraction of sp³-hybridized carbons (Fsp3) is 0.231. The predicted octanol–water partition coefficient (Wildman–Crippen LogP) is 5.58. The van der Waals surface area contributed by atoms with Gasteiger partial charge in [0.25, 0.3) is 0 Å². The van der Waals surface area contributed by atoms with Gasteiger partial charge in [0.2, 0.25) is 5.91 Å². The zero-order valence-corrected chi connectivity index (χ0v) is 17.1. The van der Waals surface area contributed by atoms with Crippen LogP contribution in [0.3, 0.4) is 0 Å². The van der Waals surface area contributed by atoms with Crippen LogP contribution >= 0.6 is 0 Å². The molecule has 2 aromatic heterocycles. The minimum atomic E-state index is 0.123. The van der Waals surface area contributed by atoms with Gasteiger partial charge in [-0.05, 0) is 36.1 Å². The molecule has 0 spiro atoms. The van der Waals surface area contributed by atoms with Crippen molar-refractivity contribution in [2.75, 3.05) is 0 Å². The topological polar surface area (TPSA) is 46.9 Å². The maximum atomic E-state index is 12.1. The van der Waals surface area contributed by atoms with Crippen molar-refractivity contribution in [3.8, 4) is 11.1 Å². The molecular weight excluding hydrogens is 370 g/mol. The van der Waals surface area contributed by atoms with E-state index in [1.54, 1.807) is 0 Å². The van der Waals surface area contributed by atoms with E-state index in [-0.39, 0.29) is 5.91 Å². The highest BCUT2D eigenvalue weighted by Crippen LogP contribution is 2.29. The SMILES string of the molecule is O=C(CCCCCn1cc(-c2ccccc2)c2cccnc21)NCc1ccccc1. The zero-order chi connectivity index (χ0) is 20.6. The number of nitrogens with zero attached hydrogens (tertiary/aromatic N) is 2. The minimum absolute atomic E-state index is 0.123. The quantitative estimate of drug-likeness (QED) is 0.375. The first kappa shape index (κ1) is 19.9. The van der Waals surface area contributed by atoms with Crippen LogP contribution in [0, 0.1) is 0 Å². The van der Waals surface area contributed by atoms with E-state index in [2.05, 4.69) is 51.4 Å². The van der Waals surface area contributed by atoms with E-state index in [1.807, 2.05) is 48.7 Å². The smallest absolute Gasteiger partial charge is 0.220 e. The van der Waals surface area contributed by atoms with E-state index >= 15 is 0 Å². The maximum Gasteiger partial charge on any atom is 0.220 e. The lowest BCUT2D eigenvalue weighted by atomic mass is 10.1. The number of aromatic nitrogens is 2. The van der Waals surface area contributed by atoms with Crippen LogP contribution in [0.2, 0.25) is 0 Å². The maximum absolute atomic E-state index is 12.1. The van der Waals surface area contributed by atoms with E-state index in [4.69, 9.17) is 0 Å². The van der Waals surface area contributed by atoms with Crippen LogP contribution in [0.15, 0.2) is 85.2 Å². The standard InChI is InChI=1S/C26H27N3O/c30-25(28-19-21-11-4-1-5-12-21)16-8-3-9-18-29-20-24(22-13-6-2-7-14-22)23-15-10-17-27-26(23)29/h1-2,4-7,10-15,17,20H,3,8-9,16,18-19H2,(H,28,30). The van der Waals surface area contributed by atoms with E-state index in [0.717, 1.165) is 37.0 Å². The molecule has 0 saturated heterocycles. The van der Waals surface area contributed by atoms with Gasteiger partial charge >= 0.3 is 0 Å². The summed E-state index contributed by atoms with van der Waals surface area (Å²) in [4.78, 5) is 16.7. The van der Waals surface area contributed by atoms with Crippen LogP contribution in [-0.4, -0.2) is 15.5 Å². The monoisotopic (exact) mass is 397 g/mol. The number of benzene rings is 2. The molecule has 0 aliphatic rings. The van der Waals surface area contributed by atoms with E-state index in [0.29, 0.717) is 13.0 Å². The molecule has 30 heavy (non-hydrogen) atoms. The Balaban J connectivity index is 1.28. The summed E-state index contributed by atoms with van der Waals surface area (Å²) in [6, 6.07) is 24.6. The van der Waals surface area contributed by atoms with Crippen molar-refractivity contribution in [2.24, 2.45) is 0 Å². The number of aryl methyl sites for hydroxylation is 1. The molecule has 1 amide bonds. The third kappa shape index (κ3) is 4.95. The number of hydrogen-bond donors (Lipinski definition) is 1. The largest absolute Gasteiger partial charge is 0.352 e. The van der Waals surface area contributed by atoms with Crippen molar-refractivity contribution < 1.29 is 4.79 Å². The van der Waals surface area contributed by atoms with Gasteiger partial charge in [-0.2, -0.15) is 0 Å². The van der Waals surface area contributed by atoms with Gasteiger partial charge in [0, 0.05) is 42.9 Å². The molecule has 2 aromatic carbocycles. The van der Waals surface area contributed by atoms with Crippen molar-refractivity contribution in [3.05, 3.63) is 90.8 Å². The second-order valence-electron chi connectivity index (χ2n) is 7.55. The highest BCUT2D eigenvalue weighted by Gasteiger charge is 2.10. The van der Waals surface area contributed by atoms with Crippen LogP contribution in [0.5, 0.6) is 0 Å². The zero-order valence-electron chi connectivity index (χ0n) is 17.1. The van der Waals surface area contributed by atoms with Gasteiger partial charge < -0.3 is 9.88 Å². The Morgan fingerprint density at radius 2 is 1.63 bits per heavy atom. The van der Waals surface area contributed by atoms with Crippen molar-refractivity contribution in [3.63, 3.8) is 0 Å². The molecule has 0 fully saturated rings. The number of nitrogens with one attached hydrogen (secondary N) is 1. The molecule has 0 saturated carbocycles. The normalized spacial score (nSPS) is 10.9. The number of carbonyl (C=O) groups is 1. The minimum Gasteiger partial charge on any atom is -0.352 e. The molecule has 1 N–H and O–H groups in total. The fourth-order valence-corrected chi connectivity index (χ4v) is 3.77. The number of hydrogen-bond acceptors (Lipinski definition) is 2. The van der Waals surface area contributed by atoms with Gasteiger partial charge in [-0.25, -0.2) is 4.98 Å².